The zero-order chi connectivity index (χ0) is 16.8. The molecule has 0 aromatic heterocycles. The molecule has 2 amide bonds. The van der Waals surface area contributed by atoms with E-state index in [0.717, 1.165) is 30.8 Å². The molecule has 1 unspecified atom stereocenters. The highest BCUT2D eigenvalue weighted by atomic mass is 35.5. The Morgan fingerprint density at radius 2 is 2.12 bits per heavy atom. The van der Waals surface area contributed by atoms with Gasteiger partial charge in [-0.1, -0.05) is 6.92 Å². The molecule has 0 radical (unpaired) electrons. The number of benzene rings is 1. The molecule has 0 bridgehead atoms. The van der Waals surface area contributed by atoms with Crippen molar-refractivity contribution < 1.29 is 9.59 Å². The van der Waals surface area contributed by atoms with E-state index in [0.29, 0.717) is 30.9 Å². The van der Waals surface area contributed by atoms with E-state index in [9.17, 15) is 9.59 Å². The molecule has 1 aliphatic heterocycles. The van der Waals surface area contributed by atoms with Crippen LogP contribution in [0, 0.1) is 12.8 Å². The maximum Gasteiger partial charge on any atom is 0.253 e. The number of piperidine rings is 1. The Morgan fingerprint density at radius 1 is 1.38 bits per heavy atom. The first-order valence-electron chi connectivity index (χ1n) is 8.41. The predicted octanol–water partition coefficient (Wildman–Crippen LogP) is 2.97. The van der Waals surface area contributed by atoms with Crippen molar-refractivity contribution >= 4 is 29.9 Å². The summed E-state index contributed by atoms with van der Waals surface area (Å²) in [4.78, 5) is 26.3. The molecule has 1 aromatic rings. The van der Waals surface area contributed by atoms with Crippen molar-refractivity contribution in [1.82, 2.24) is 4.90 Å². The number of aryl methyl sites for hydroxylation is 1. The standard InChI is InChI=1S/C18H27N3O2.ClH/c1-13-5-4-10-21(12-13)18(23)15-7-8-16(14(2)11-15)20-17(22)6-3-9-19;/h7-8,11,13H,3-6,9-10,12,19H2,1-2H3,(H,20,22);1H. The second-order valence-electron chi connectivity index (χ2n) is 6.47. The van der Waals surface area contributed by atoms with Gasteiger partial charge in [0.15, 0.2) is 0 Å². The van der Waals surface area contributed by atoms with Crippen molar-refractivity contribution in [2.24, 2.45) is 11.7 Å². The van der Waals surface area contributed by atoms with Gasteiger partial charge in [0.05, 0.1) is 0 Å². The SMILES string of the molecule is Cc1cc(C(=O)N2CCCC(C)C2)ccc1NC(=O)CCCN.Cl. The van der Waals surface area contributed by atoms with Gasteiger partial charge in [-0.25, -0.2) is 0 Å². The summed E-state index contributed by atoms with van der Waals surface area (Å²) in [6.07, 6.45) is 3.36. The average molecular weight is 354 g/mol. The molecule has 6 heteroatoms. The molecular formula is C18H28ClN3O2. The van der Waals surface area contributed by atoms with E-state index >= 15 is 0 Å². The lowest BCUT2D eigenvalue weighted by Gasteiger charge is -2.31. The number of nitrogens with two attached hydrogens (primary N) is 1. The van der Waals surface area contributed by atoms with Crippen molar-refractivity contribution in [3.05, 3.63) is 29.3 Å². The molecule has 134 valence electrons. The van der Waals surface area contributed by atoms with E-state index < -0.39 is 0 Å². The zero-order valence-electron chi connectivity index (χ0n) is 14.5. The molecule has 1 saturated heterocycles. The molecule has 3 N–H and O–H groups in total. The Bertz CT molecular complexity index is 577. The van der Waals surface area contributed by atoms with Crippen molar-refractivity contribution in [2.75, 3.05) is 25.0 Å². The van der Waals surface area contributed by atoms with Gasteiger partial charge in [0, 0.05) is 30.8 Å². The Hall–Kier alpha value is -1.59. The Kier molecular flexibility index (Phi) is 8.22. The number of anilines is 1. The molecule has 2 rings (SSSR count). The minimum absolute atomic E-state index is 0. The van der Waals surface area contributed by atoms with Crippen LogP contribution in [0.15, 0.2) is 18.2 Å². The monoisotopic (exact) mass is 353 g/mol. The van der Waals surface area contributed by atoms with Crippen LogP contribution in [-0.2, 0) is 4.79 Å². The van der Waals surface area contributed by atoms with Crippen molar-refractivity contribution in [1.29, 1.82) is 0 Å². The summed E-state index contributed by atoms with van der Waals surface area (Å²) in [6, 6.07) is 5.48. The Morgan fingerprint density at radius 3 is 2.75 bits per heavy atom. The van der Waals surface area contributed by atoms with Gasteiger partial charge >= 0.3 is 0 Å². The lowest BCUT2D eigenvalue weighted by atomic mass is 9.99. The quantitative estimate of drug-likeness (QED) is 0.854. The molecule has 0 spiro atoms. The number of hydrogen-bond acceptors (Lipinski definition) is 3. The van der Waals surface area contributed by atoms with Gasteiger partial charge in [-0.2, -0.15) is 0 Å². The maximum atomic E-state index is 12.6. The van der Waals surface area contributed by atoms with Gasteiger partial charge in [-0.15, -0.1) is 12.4 Å². The smallest absolute Gasteiger partial charge is 0.253 e. The fourth-order valence-corrected chi connectivity index (χ4v) is 2.97. The van der Waals surface area contributed by atoms with Gasteiger partial charge in [0.1, 0.15) is 0 Å². The maximum absolute atomic E-state index is 12.6. The van der Waals surface area contributed by atoms with Crippen LogP contribution in [0.4, 0.5) is 5.69 Å². The third kappa shape index (κ3) is 5.49. The molecule has 1 fully saturated rings. The van der Waals surface area contributed by atoms with Crippen LogP contribution in [0.2, 0.25) is 0 Å². The summed E-state index contributed by atoms with van der Waals surface area (Å²) in [5.41, 5.74) is 7.77. The lowest BCUT2D eigenvalue weighted by Crippen LogP contribution is -2.39. The molecule has 1 aliphatic rings. The molecule has 0 saturated carbocycles. The molecule has 5 nitrogen and oxygen atoms in total. The number of hydrogen-bond donors (Lipinski definition) is 2. The summed E-state index contributed by atoms with van der Waals surface area (Å²) in [5.74, 6) is 0.609. The minimum Gasteiger partial charge on any atom is -0.338 e. The van der Waals surface area contributed by atoms with E-state index in [1.54, 1.807) is 6.07 Å². The normalized spacial score (nSPS) is 17.1. The minimum atomic E-state index is -0.0394. The number of nitrogens with one attached hydrogen (secondary N) is 1. The van der Waals surface area contributed by atoms with Crippen molar-refractivity contribution in [3.8, 4) is 0 Å². The average Bonchev–Trinajstić information content (AvgIpc) is 2.54. The first-order valence-corrected chi connectivity index (χ1v) is 8.41. The first-order chi connectivity index (χ1) is 11.0. The van der Waals surface area contributed by atoms with Crippen LogP contribution in [0.5, 0.6) is 0 Å². The van der Waals surface area contributed by atoms with Gasteiger partial charge in [0.25, 0.3) is 5.91 Å². The van der Waals surface area contributed by atoms with Gasteiger partial charge < -0.3 is 16.0 Å². The van der Waals surface area contributed by atoms with Crippen LogP contribution in [-0.4, -0.2) is 36.3 Å². The van der Waals surface area contributed by atoms with Crippen LogP contribution in [0.25, 0.3) is 0 Å². The van der Waals surface area contributed by atoms with Crippen LogP contribution in [0.1, 0.15) is 48.5 Å². The fraction of sp³-hybridized carbons (Fsp3) is 0.556. The van der Waals surface area contributed by atoms with E-state index in [4.69, 9.17) is 5.73 Å². The number of halogens is 1. The van der Waals surface area contributed by atoms with E-state index in [-0.39, 0.29) is 24.2 Å². The molecule has 1 heterocycles. The predicted molar refractivity (Wildman–Crippen MR) is 99.6 cm³/mol. The van der Waals surface area contributed by atoms with Crippen molar-refractivity contribution in [2.45, 2.75) is 39.5 Å². The number of nitrogens with zero attached hydrogens (tertiary/aromatic N) is 1. The Balaban J connectivity index is 0.00000288. The highest BCUT2D eigenvalue weighted by Gasteiger charge is 2.22. The second kappa shape index (κ2) is 9.64. The number of amides is 2. The van der Waals surface area contributed by atoms with Crippen LogP contribution in [0.3, 0.4) is 0 Å². The van der Waals surface area contributed by atoms with Crippen molar-refractivity contribution in [3.63, 3.8) is 0 Å². The highest BCUT2D eigenvalue weighted by Crippen LogP contribution is 2.21. The van der Waals surface area contributed by atoms with Gasteiger partial charge in [-0.05, 0) is 62.4 Å². The first kappa shape index (κ1) is 20.5. The van der Waals surface area contributed by atoms with E-state index in [1.165, 1.54) is 6.42 Å². The fourth-order valence-electron chi connectivity index (χ4n) is 2.97. The summed E-state index contributed by atoms with van der Waals surface area (Å²) < 4.78 is 0. The summed E-state index contributed by atoms with van der Waals surface area (Å²) in [7, 11) is 0. The third-order valence-corrected chi connectivity index (χ3v) is 4.30. The summed E-state index contributed by atoms with van der Waals surface area (Å²) in [5, 5.41) is 2.88. The molecule has 1 aromatic carbocycles. The molecule has 24 heavy (non-hydrogen) atoms. The summed E-state index contributed by atoms with van der Waals surface area (Å²) in [6.45, 7) is 6.27. The second-order valence-corrected chi connectivity index (χ2v) is 6.47. The number of likely N-dealkylation sites (tertiary alicyclic amines) is 1. The van der Waals surface area contributed by atoms with Gasteiger partial charge in [-0.3, -0.25) is 9.59 Å². The molecule has 1 atom stereocenters. The Labute approximate surface area is 150 Å². The topological polar surface area (TPSA) is 75.4 Å². The third-order valence-electron chi connectivity index (χ3n) is 4.30. The number of rotatable bonds is 5. The van der Waals surface area contributed by atoms with E-state index in [1.807, 2.05) is 24.0 Å². The molecule has 0 aliphatic carbocycles. The number of carbonyl (C=O) groups excluding carboxylic acids is 2. The summed E-state index contributed by atoms with van der Waals surface area (Å²) >= 11 is 0. The highest BCUT2D eigenvalue weighted by molar-refractivity contribution is 5.96. The lowest BCUT2D eigenvalue weighted by molar-refractivity contribution is -0.116. The largest absolute Gasteiger partial charge is 0.338 e. The number of carbonyl (C=O) groups is 2. The zero-order valence-corrected chi connectivity index (χ0v) is 15.3. The molecular weight excluding hydrogens is 326 g/mol. The van der Waals surface area contributed by atoms with E-state index in [2.05, 4.69) is 12.2 Å². The van der Waals surface area contributed by atoms with Gasteiger partial charge in [0.2, 0.25) is 5.91 Å². The van der Waals surface area contributed by atoms with Crippen LogP contribution < -0.4 is 11.1 Å². The van der Waals surface area contributed by atoms with Crippen LogP contribution >= 0.6 is 12.4 Å².